The number of carbonyl (C=O) groups is 2. The zero-order valence-corrected chi connectivity index (χ0v) is 13.0. The molecule has 0 aliphatic carbocycles. The summed E-state index contributed by atoms with van der Waals surface area (Å²) in [6, 6.07) is 11.4. The van der Waals surface area contributed by atoms with E-state index >= 15 is 0 Å². The minimum absolute atomic E-state index is 0.131. The first-order valence-corrected chi connectivity index (χ1v) is 7.81. The van der Waals surface area contributed by atoms with E-state index in [-0.39, 0.29) is 18.6 Å². The number of amides is 1. The molecule has 1 amide bonds. The lowest BCUT2D eigenvalue weighted by Crippen LogP contribution is -2.30. The molecular formula is C17H17NO3S. The van der Waals surface area contributed by atoms with Gasteiger partial charge in [0, 0.05) is 6.08 Å². The van der Waals surface area contributed by atoms with Gasteiger partial charge >= 0.3 is 5.97 Å². The molecule has 0 bridgehead atoms. The Morgan fingerprint density at radius 3 is 2.73 bits per heavy atom. The third-order valence-corrected chi connectivity index (χ3v) is 3.68. The van der Waals surface area contributed by atoms with Gasteiger partial charge in [0.1, 0.15) is 0 Å². The third-order valence-electron chi connectivity index (χ3n) is 2.98. The molecule has 4 nitrogen and oxygen atoms in total. The number of ether oxygens (including phenoxy) is 1. The summed E-state index contributed by atoms with van der Waals surface area (Å²) in [7, 11) is 0. The van der Waals surface area contributed by atoms with E-state index < -0.39 is 5.97 Å². The van der Waals surface area contributed by atoms with Crippen molar-refractivity contribution in [3.63, 3.8) is 0 Å². The largest absolute Gasteiger partial charge is 0.452 e. The van der Waals surface area contributed by atoms with E-state index in [0.717, 1.165) is 11.1 Å². The van der Waals surface area contributed by atoms with Crippen molar-refractivity contribution >= 4 is 29.3 Å². The van der Waals surface area contributed by atoms with Crippen molar-refractivity contribution in [2.24, 2.45) is 0 Å². The summed E-state index contributed by atoms with van der Waals surface area (Å²) in [6.07, 6.45) is 2.97. The van der Waals surface area contributed by atoms with E-state index in [0.29, 0.717) is 0 Å². The summed E-state index contributed by atoms with van der Waals surface area (Å²) in [4.78, 5) is 23.3. The van der Waals surface area contributed by atoms with Crippen LogP contribution in [0.3, 0.4) is 0 Å². The summed E-state index contributed by atoms with van der Waals surface area (Å²) in [5, 5.41) is 6.62. The van der Waals surface area contributed by atoms with Crippen LogP contribution in [0.5, 0.6) is 0 Å². The van der Waals surface area contributed by atoms with Crippen molar-refractivity contribution in [1.29, 1.82) is 0 Å². The first-order valence-electron chi connectivity index (χ1n) is 6.86. The van der Waals surface area contributed by atoms with Crippen LogP contribution in [-0.4, -0.2) is 18.5 Å². The van der Waals surface area contributed by atoms with E-state index in [2.05, 4.69) is 5.32 Å². The van der Waals surface area contributed by atoms with Crippen LogP contribution in [0.4, 0.5) is 0 Å². The molecule has 0 spiro atoms. The normalized spacial score (nSPS) is 12.0. The molecule has 0 saturated heterocycles. The molecule has 1 atom stereocenters. The molecule has 1 heterocycles. The molecule has 2 rings (SSSR count). The molecule has 0 radical (unpaired) electrons. The molecule has 0 unspecified atom stereocenters. The monoisotopic (exact) mass is 315 g/mol. The van der Waals surface area contributed by atoms with Gasteiger partial charge in [0.15, 0.2) is 6.61 Å². The summed E-state index contributed by atoms with van der Waals surface area (Å²) in [5.41, 5.74) is 1.93. The Morgan fingerprint density at radius 1 is 1.27 bits per heavy atom. The summed E-state index contributed by atoms with van der Waals surface area (Å²) in [5.74, 6) is -0.859. The van der Waals surface area contributed by atoms with Gasteiger partial charge in [-0.25, -0.2) is 4.79 Å². The van der Waals surface area contributed by atoms with Crippen LogP contribution >= 0.6 is 11.3 Å². The van der Waals surface area contributed by atoms with E-state index in [1.807, 2.05) is 54.1 Å². The van der Waals surface area contributed by atoms with Crippen LogP contribution in [0.25, 0.3) is 6.08 Å². The maximum Gasteiger partial charge on any atom is 0.331 e. The van der Waals surface area contributed by atoms with Gasteiger partial charge in [0.25, 0.3) is 5.91 Å². The van der Waals surface area contributed by atoms with Crippen molar-refractivity contribution in [3.05, 3.63) is 64.4 Å². The first kappa shape index (κ1) is 16.0. The highest BCUT2D eigenvalue weighted by molar-refractivity contribution is 7.08. The van der Waals surface area contributed by atoms with Crippen LogP contribution in [-0.2, 0) is 14.3 Å². The number of carbonyl (C=O) groups excluding carboxylic acids is 2. The lowest BCUT2D eigenvalue weighted by Gasteiger charge is -2.13. The number of esters is 1. The molecule has 0 aliphatic rings. The fraction of sp³-hybridized carbons (Fsp3) is 0.176. The zero-order chi connectivity index (χ0) is 15.8. The summed E-state index contributed by atoms with van der Waals surface area (Å²) >= 11 is 1.55. The predicted octanol–water partition coefficient (Wildman–Crippen LogP) is 3.18. The van der Waals surface area contributed by atoms with Crippen molar-refractivity contribution in [2.75, 3.05) is 6.61 Å². The molecule has 5 heteroatoms. The number of rotatable bonds is 6. The van der Waals surface area contributed by atoms with Gasteiger partial charge in [-0.2, -0.15) is 11.3 Å². The highest BCUT2D eigenvalue weighted by atomic mass is 32.1. The standard InChI is InChI=1S/C17H17NO3S/c1-13(15-5-3-2-4-6-15)18-16(19)11-21-17(20)8-7-14-9-10-22-12-14/h2-10,12-13H,11H2,1H3,(H,18,19)/b8-7+/t13-/m0/s1. The number of nitrogens with one attached hydrogen (secondary N) is 1. The Bertz CT molecular complexity index is 635. The second kappa shape index (κ2) is 8.14. The van der Waals surface area contributed by atoms with Gasteiger partial charge < -0.3 is 10.1 Å². The Hall–Kier alpha value is -2.40. The van der Waals surface area contributed by atoms with Gasteiger partial charge in [-0.15, -0.1) is 0 Å². The number of benzene rings is 1. The molecule has 0 saturated carbocycles. The molecular weight excluding hydrogens is 298 g/mol. The maximum absolute atomic E-state index is 11.8. The molecule has 0 aliphatic heterocycles. The zero-order valence-electron chi connectivity index (χ0n) is 12.2. The molecule has 1 aromatic carbocycles. The summed E-state index contributed by atoms with van der Waals surface area (Å²) < 4.78 is 4.90. The van der Waals surface area contributed by atoms with Crippen LogP contribution < -0.4 is 5.32 Å². The smallest absolute Gasteiger partial charge is 0.331 e. The van der Waals surface area contributed by atoms with Gasteiger partial charge in [-0.05, 0) is 41.0 Å². The molecule has 1 N–H and O–H groups in total. The Kier molecular flexibility index (Phi) is 5.91. The van der Waals surface area contributed by atoms with Crippen LogP contribution in [0.1, 0.15) is 24.1 Å². The second-order valence-electron chi connectivity index (χ2n) is 4.70. The second-order valence-corrected chi connectivity index (χ2v) is 5.48. The van der Waals surface area contributed by atoms with E-state index in [9.17, 15) is 9.59 Å². The van der Waals surface area contributed by atoms with Crippen molar-refractivity contribution in [2.45, 2.75) is 13.0 Å². The fourth-order valence-corrected chi connectivity index (χ4v) is 2.46. The van der Waals surface area contributed by atoms with Crippen LogP contribution in [0, 0.1) is 0 Å². The average molecular weight is 315 g/mol. The van der Waals surface area contributed by atoms with Crippen molar-refractivity contribution in [3.8, 4) is 0 Å². The van der Waals surface area contributed by atoms with E-state index in [1.54, 1.807) is 17.4 Å². The Labute approximate surface area is 133 Å². The van der Waals surface area contributed by atoms with Crippen molar-refractivity contribution in [1.82, 2.24) is 5.32 Å². The lowest BCUT2D eigenvalue weighted by atomic mass is 10.1. The molecule has 2 aromatic rings. The highest BCUT2D eigenvalue weighted by Crippen LogP contribution is 2.10. The number of thiophene rings is 1. The fourth-order valence-electron chi connectivity index (χ4n) is 1.83. The number of hydrogen-bond acceptors (Lipinski definition) is 4. The van der Waals surface area contributed by atoms with E-state index in [1.165, 1.54) is 6.08 Å². The third kappa shape index (κ3) is 5.18. The first-order chi connectivity index (χ1) is 10.6. The Morgan fingerprint density at radius 2 is 2.05 bits per heavy atom. The van der Waals surface area contributed by atoms with Crippen LogP contribution in [0.15, 0.2) is 53.2 Å². The van der Waals surface area contributed by atoms with Gasteiger partial charge in [-0.1, -0.05) is 30.3 Å². The maximum atomic E-state index is 11.8. The van der Waals surface area contributed by atoms with Gasteiger partial charge in [0.2, 0.25) is 0 Å². The van der Waals surface area contributed by atoms with Crippen LogP contribution in [0.2, 0.25) is 0 Å². The van der Waals surface area contributed by atoms with Crippen molar-refractivity contribution < 1.29 is 14.3 Å². The SMILES string of the molecule is C[C@H](NC(=O)COC(=O)/C=C/c1ccsc1)c1ccccc1. The Balaban J connectivity index is 1.74. The molecule has 22 heavy (non-hydrogen) atoms. The topological polar surface area (TPSA) is 55.4 Å². The molecule has 1 aromatic heterocycles. The molecule has 0 fully saturated rings. The predicted molar refractivity (Wildman–Crippen MR) is 87.3 cm³/mol. The molecule has 114 valence electrons. The quantitative estimate of drug-likeness (QED) is 0.658. The average Bonchev–Trinajstić information content (AvgIpc) is 3.05. The lowest BCUT2D eigenvalue weighted by molar-refractivity contribution is -0.144. The number of hydrogen-bond donors (Lipinski definition) is 1. The highest BCUT2D eigenvalue weighted by Gasteiger charge is 2.10. The van der Waals surface area contributed by atoms with E-state index in [4.69, 9.17) is 4.74 Å². The van der Waals surface area contributed by atoms with Gasteiger partial charge in [0.05, 0.1) is 6.04 Å². The van der Waals surface area contributed by atoms with Gasteiger partial charge in [-0.3, -0.25) is 4.79 Å². The minimum Gasteiger partial charge on any atom is -0.452 e. The summed E-state index contributed by atoms with van der Waals surface area (Å²) in [6.45, 7) is 1.59. The minimum atomic E-state index is -0.534.